The molecule has 1 aliphatic carbocycles. The Morgan fingerprint density at radius 2 is 1.77 bits per heavy atom. The summed E-state index contributed by atoms with van der Waals surface area (Å²) in [7, 11) is 0. The number of hydrogen-bond donors (Lipinski definition) is 1. The number of ether oxygens (including phenoxy) is 1. The van der Waals surface area contributed by atoms with Crippen LogP contribution in [-0.4, -0.2) is 20.6 Å². The van der Waals surface area contributed by atoms with Gasteiger partial charge >= 0.3 is 0 Å². The van der Waals surface area contributed by atoms with Gasteiger partial charge in [0.05, 0.1) is 17.8 Å². The number of hydrogen-bond acceptors (Lipinski definition) is 4. The van der Waals surface area contributed by atoms with Gasteiger partial charge in [-0.05, 0) is 62.1 Å². The third kappa shape index (κ3) is 3.60. The highest BCUT2D eigenvalue weighted by atomic mass is 16.5. The SMILES string of the molecule is c1ccc(C2CCc3nc4c(n32)N[C@@H](c2ccnc(OC3CCCCC3)c2)CC4)cc1. The molecular formula is C26H30N4O. The number of rotatable bonds is 4. The predicted octanol–water partition coefficient (Wildman–Crippen LogP) is 5.62. The molecule has 0 radical (unpaired) electrons. The lowest BCUT2D eigenvalue weighted by Crippen LogP contribution is -2.22. The zero-order chi connectivity index (χ0) is 20.6. The molecule has 0 spiro atoms. The minimum Gasteiger partial charge on any atom is -0.474 e. The van der Waals surface area contributed by atoms with Crippen LogP contribution in [0.4, 0.5) is 5.82 Å². The van der Waals surface area contributed by atoms with Crippen LogP contribution in [0.25, 0.3) is 0 Å². The van der Waals surface area contributed by atoms with Gasteiger partial charge in [-0.3, -0.25) is 0 Å². The second-order valence-electron chi connectivity index (χ2n) is 9.20. The second kappa shape index (κ2) is 8.03. The molecule has 1 aromatic carbocycles. The summed E-state index contributed by atoms with van der Waals surface area (Å²) in [6, 6.07) is 15.8. The van der Waals surface area contributed by atoms with E-state index in [2.05, 4.69) is 57.3 Å². The zero-order valence-electron chi connectivity index (χ0n) is 18.0. The van der Waals surface area contributed by atoms with E-state index < -0.39 is 0 Å². The van der Waals surface area contributed by atoms with Crippen LogP contribution in [0.2, 0.25) is 0 Å². The summed E-state index contributed by atoms with van der Waals surface area (Å²) < 4.78 is 8.69. The number of imidazole rings is 1. The lowest BCUT2D eigenvalue weighted by molar-refractivity contribution is 0.148. The molecule has 1 unspecified atom stereocenters. The van der Waals surface area contributed by atoms with Gasteiger partial charge in [0.25, 0.3) is 0 Å². The Morgan fingerprint density at radius 3 is 2.65 bits per heavy atom. The van der Waals surface area contributed by atoms with E-state index in [-0.39, 0.29) is 6.04 Å². The Bertz CT molecular complexity index is 1050. The van der Waals surface area contributed by atoms with Crippen molar-refractivity contribution < 1.29 is 4.74 Å². The molecule has 1 saturated carbocycles. The van der Waals surface area contributed by atoms with Gasteiger partial charge in [0.1, 0.15) is 17.7 Å². The third-order valence-corrected chi connectivity index (χ3v) is 7.18. The van der Waals surface area contributed by atoms with Crippen LogP contribution in [0.1, 0.15) is 79.7 Å². The molecule has 3 aromatic rings. The van der Waals surface area contributed by atoms with Crippen LogP contribution in [0, 0.1) is 0 Å². The molecule has 0 amide bonds. The van der Waals surface area contributed by atoms with Crippen LogP contribution >= 0.6 is 0 Å². The van der Waals surface area contributed by atoms with Crippen LogP contribution in [0.3, 0.4) is 0 Å². The summed E-state index contributed by atoms with van der Waals surface area (Å²) in [6.07, 6.45) is 12.6. The van der Waals surface area contributed by atoms with Gasteiger partial charge in [-0.2, -0.15) is 0 Å². The molecule has 5 nitrogen and oxygen atoms in total. The molecule has 1 fully saturated rings. The van der Waals surface area contributed by atoms with E-state index in [1.165, 1.54) is 47.7 Å². The lowest BCUT2D eigenvalue weighted by Gasteiger charge is -2.28. The van der Waals surface area contributed by atoms with Crippen molar-refractivity contribution in [1.82, 2.24) is 14.5 Å². The molecule has 5 heteroatoms. The van der Waals surface area contributed by atoms with Crippen molar-refractivity contribution in [2.75, 3.05) is 5.32 Å². The Kier molecular flexibility index (Phi) is 4.90. The van der Waals surface area contributed by atoms with Crippen molar-refractivity contribution in [2.24, 2.45) is 0 Å². The highest BCUT2D eigenvalue weighted by molar-refractivity contribution is 5.51. The maximum Gasteiger partial charge on any atom is 0.213 e. The van der Waals surface area contributed by atoms with Gasteiger partial charge < -0.3 is 14.6 Å². The molecule has 31 heavy (non-hydrogen) atoms. The topological polar surface area (TPSA) is 52.0 Å². The average molecular weight is 415 g/mol. The number of benzene rings is 1. The second-order valence-corrected chi connectivity index (χ2v) is 9.20. The number of aromatic nitrogens is 3. The Hall–Kier alpha value is -2.82. The smallest absolute Gasteiger partial charge is 0.213 e. The third-order valence-electron chi connectivity index (χ3n) is 7.18. The van der Waals surface area contributed by atoms with Gasteiger partial charge in [-0.15, -0.1) is 0 Å². The maximum absolute atomic E-state index is 6.23. The molecule has 160 valence electrons. The fourth-order valence-electron chi connectivity index (χ4n) is 5.58. The van der Waals surface area contributed by atoms with Crippen LogP contribution < -0.4 is 10.1 Å². The standard InChI is InChI=1S/C26H30N4O/c1-3-7-18(8-4-1)23-13-14-24-28-22-12-11-21(29-26(22)30(23)24)19-15-16-27-25(17-19)31-20-9-5-2-6-10-20/h1,3-4,7-8,15-17,20-21,23,29H,2,5-6,9-14H2/t21-,23?/m1/s1. The van der Waals surface area contributed by atoms with E-state index in [0.29, 0.717) is 12.1 Å². The normalized spacial score (nSPS) is 23.1. The Morgan fingerprint density at radius 1 is 0.903 bits per heavy atom. The summed E-state index contributed by atoms with van der Waals surface area (Å²) in [5, 5.41) is 3.84. The summed E-state index contributed by atoms with van der Waals surface area (Å²) >= 11 is 0. The van der Waals surface area contributed by atoms with Crippen molar-refractivity contribution in [3.63, 3.8) is 0 Å². The van der Waals surface area contributed by atoms with Gasteiger partial charge in [0.2, 0.25) is 5.88 Å². The first-order valence-electron chi connectivity index (χ1n) is 11.9. The lowest BCUT2D eigenvalue weighted by atomic mass is 9.97. The van der Waals surface area contributed by atoms with E-state index in [9.17, 15) is 0 Å². The fraction of sp³-hybridized carbons (Fsp3) is 0.462. The van der Waals surface area contributed by atoms with Gasteiger partial charge in [0.15, 0.2) is 0 Å². The predicted molar refractivity (Wildman–Crippen MR) is 122 cm³/mol. The first-order chi connectivity index (χ1) is 15.3. The summed E-state index contributed by atoms with van der Waals surface area (Å²) in [4.78, 5) is 9.50. The first-order valence-corrected chi connectivity index (χ1v) is 11.9. The summed E-state index contributed by atoms with van der Waals surface area (Å²) in [5.74, 6) is 3.21. The minimum absolute atomic E-state index is 0.266. The van der Waals surface area contributed by atoms with Crippen molar-refractivity contribution in [2.45, 2.75) is 76.0 Å². The number of fused-ring (bicyclic) bond motifs is 3. The quantitative estimate of drug-likeness (QED) is 0.602. The Balaban J connectivity index is 1.25. The molecule has 2 aromatic heterocycles. The minimum atomic E-state index is 0.266. The number of anilines is 1. The van der Waals surface area contributed by atoms with Crippen molar-refractivity contribution >= 4 is 5.82 Å². The zero-order valence-corrected chi connectivity index (χ0v) is 18.0. The average Bonchev–Trinajstić information content (AvgIpc) is 3.40. The van der Waals surface area contributed by atoms with E-state index in [0.717, 1.165) is 44.4 Å². The monoisotopic (exact) mass is 414 g/mol. The molecule has 3 aliphatic rings. The molecule has 0 bridgehead atoms. The molecular weight excluding hydrogens is 384 g/mol. The molecule has 1 N–H and O–H groups in total. The van der Waals surface area contributed by atoms with Crippen LogP contribution in [0.15, 0.2) is 48.7 Å². The number of aryl methyl sites for hydroxylation is 2. The van der Waals surface area contributed by atoms with Crippen LogP contribution in [0.5, 0.6) is 5.88 Å². The van der Waals surface area contributed by atoms with E-state index in [1.807, 2.05) is 6.20 Å². The molecule has 0 saturated heterocycles. The molecule has 2 aliphatic heterocycles. The number of pyridine rings is 1. The number of nitrogens with zero attached hydrogens (tertiary/aromatic N) is 3. The van der Waals surface area contributed by atoms with Crippen LogP contribution in [-0.2, 0) is 12.8 Å². The van der Waals surface area contributed by atoms with Crippen molar-refractivity contribution in [3.8, 4) is 5.88 Å². The number of nitrogens with one attached hydrogen (secondary N) is 1. The summed E-state index contributed by atoms with van der Waals surface area (Å²) in [6.45, 7) is 0. The molecule has 2 atom stereocenters. The highest BCUT2D eigenvalue weighted by Gasteiger charge is 2.33. The maximum atomic E-state index is 6.23. The fourth-order valence-corrected chi connectivity index (χ4v) is 5.58. The van der Waals surface area contributed by atoms with Crippen molar-refractivity contribution in [1.29, 1.82) is 0 Å². The molecule has 4 heterocycles. The Labute approximate surface area is 183 Å². The highest BCUT2D eigenvalue weighted by Crippen LogP contribution is 2.41. The largest absolute Gasteiger partial charge is 0.474 e. The van der Waals surface area contributed by atoms with Gasteiger partial charge in [-0.1, -0.05) is 36.8 Å². The van der Waals surface area contributed by atoms with E-state index in [1.54, 1.807) is 0 Å². The van der Waals surface area contributed by atoms with Gasteiger partial charge in [-0.25, -0.2) is 9.97 Å². The van der Waals surface area contributed by atoms with Gasteiger partial charge in [0, 0.05) is 18.7 Å². The van der Waals surface area contributed by atoms with Crippen molar-refractivity contribution in [3.05, 3.63) is 71.3 Å². The van der Waals surface area contributed by atoms with E-state index >= 15 is 0 Å². The first kappa shape index (κ1) is 18.9. The summed E-state index contributed by atoms with van der Waals surface area (Å²) in [5.41, 5.74) is 3.85. The van der Waals surface area contributed by atoms with E-state index in [4.69, 9.17) is 9.72 Å². The molecule has 6 rings (SSSR count).